The minimum atomic E-state index is 0.0624. The van der Waals surface area contributed by atoms with Crippen molar-refractivity contribution in [3.8, 4) is 0 Å². The lowest BCUT2D eigenvalue weighted by Gasteiger charge is -2.21. The number of aromatic nitrogens is 4. The van der Waals surface area contributed by atoms with Gasteiger partial charge in [0.15, 0.2) is 0 Å². The Morgan fingerprint density at radius 1 is 0.581 bits per heavy atom. The minimum Gasteiger partial charge on any atom is -0.313 e. The SMILES string of the molecule is CC(C)(C)c1cc(C(C)(C)C)n(CCNCCn2nc(C(C)(C)C)cc2C(C)(C)C)n1. The number of nitrogens with one attached hydrogen (secondary N) is 1. The molecule has 0 bridgehead atoms. The van der Waals surface area contributed by atoms with Gasteiger partial charge >= 0.3 is 0 Å². The normalized spacial score (nSPS) is 13.8. The molecule has 0 amide bonds. The van der Waals surface area contributed by atoms with E-state index in [2.05, 4.69) is 110 Å². The van der Waals surface area contributed by atoms with E-state index in [1.807, 2.05) is 0 Å². The molecule has 0 aliphatic heterocycles. The lowest BCUT2D eigenvalue weighted by atomic mass is 9.88. The Labute approximate surface area is 191 Å². The summed E-state index contributed by atoms with van der Waals surface area (Å²) in [7, 11) is 0. The fourth-order valence-corrected chi connectivity index (χ4v) is 3.61. The second-order valence-corrected chi connectivity index (χ2v) is 13.0. The molecule has 0 aromatic carbocycles. The molecule has 2 aromatic rings. The first-order valence-electron chi connectivity index (χ1n) is 11.8. The first-order valence-corrected chi connectivity index (χ1v) is 11.8. The van der Waals surface area contributed by atoms with E-state index in [9.17, 15) is 0 Å². The second kappa shape index (κ2) is 8.73. The van der Waals surface area contributed by atoms with Gasteiger partial charge < -0.3 is 5.32 Å². The van der Waals surface area contributed by atoms with Gasteiger partial charge in [-0.05, 0) is 12.1 Å². The zero-order chi connectivity index (χ0) is 23.8. The van der Waals surface area contributed by atoms with E-state index >= 15 is 0 Å². The molecule has 0 radical (unpaired) electrons. The molecule has 2 heterocycles. The van der Waals surface area contributed by atoms with Gasteiger partial charge in [0.05, 0.1) is 24.5 Å². The third-order valence-corrected chi connectivity index (χ3v) is 5.63. The van der Waals surface area contributed by atoms with E-state index in [1.165, 1.54) is 22.8 Å². The number of rotatable bonds is 6. The molecule has 31 heavy (non-hydrogen) atoms. The van der Waals surface area contributed by atoms with Gasteiger partial charge in [0.25, 0.3) is 0 Å². The average Bonchev–Trinajstić information content (AvgIpc) is 3.16. The molecule has 0 unspecified atom stereocenters. The monoisotopic (exact) mass is 429 g/mol. The Bertz CT molecular complexity index is 785. The van der Waals surface area contributed by atoms with Crippen LogP contribution in [0, 0.1) is 0 Å². The zero-order valence-corrected chi connectivity index (χ0v) is 22.3. The molecule has 0 spiro atoms. The van der Waals surface area contributed by atoms with Crippen LogP contribution in [0.5, 0.6) is 0 Å². The van der Waals surface area contributed by atoms with E-state index in [-0.39, 0.29) is 21.7 Å². The standard InChI is InChI=1S/C26H47N5/c1-23(2,3)19-17-21(25(7,8)9)30(28-19)15-13-27-14-16-31-22(26(10,11)12)18-20(29-31)24(4,5)6/h17-18,27H,13-16H2,1-12H3. The molecular formula is C26H47N5. The summed E-state index contributed by atoms with van der Waals surface area (Å²) in [5.74, 6) is 0. The van der Waals surface area contributed by atoms with Crippen molar-refractivity contribution in [1.29, 1.82) is 0 Å². The highest BCUT2D eigenvalue weighted by molar-refractivity contribution is 5.23. The molecule has 176 valence electrons. The lowest BCUT2D eigenvalue weighted by molar-refractivity contribution is 0.440. The summed E-state index contributed by atoms with van der Waals surface area (Å²) in [4.78, 5) is 0. The van der Waals surface area contributed by atoms with Gasteiger partial charge in [-0.3, -0.25) is 9.36 Å². The molecule has 1 N–H and O–H groups in total. The Morgan fingerprint density at radius 3 is 1.16 bits per heavy atom. The smallest absolute Gasteiger partial charge is 0.0681 e. The van der Waals surface area contributed by atoms with Gasteiger partial charge in [0.1, 0.15) is 0 Å². The van der Waals surface area contributed by atoms with Crippen LogP contribution < -0.4 is 5.32 Å². The van der Waals surface area contributed by atoms with E-state index in [4.69, 9.17) is 10.2 Å². The molecule has 0 saturated carbocycles. The summed E-state index contributed by atoms with van der Waals surface area (Å²) in [5.41, 5.74) is 5.22. The summed E-state index contributed by atoms with van der Waals surface area (Å²) >= 11 is 0. The van der Waals surface area contributed by atoms with Crippen LogP contribution in [-0.4, -0.2) is 32.7 Å². The predicted molar refractivity (Wildman–Crippen MR) is 132 cm³/mol. The Kier molecular flexibility index (Phi) is 7.22. The van der Waals surface area contributed by atoms with Gasteiger partial charge in [-0.2, -0.15) is 10.2 Å². The van der Waals surface area contributed by atoms with Crippen molar-refractivity contribution < 1.29 is 0 Å². The van der Waals surface area contributed by atoms with Gasteiger partial charge in [0.2, 0.25) is 0 Å². The van der Waals surface area contributed by atoms with Crippen LogP contribution in [0.4, 0.5) is 0 Å². The highest BCUT2D eigenvalue weighted by Crippen LogP contribution is 2.29. The highest BCUT2D eigenvalue weighted by Gasteiger charge is 2.27. The third-order valence-electron chi connectivity index (χ3n) is 5.63. The van der Waals surface area contributed by atoms with Crippen molar-refractivity contribution in [2.24, 2.45) is 0 Å². The summed E-state index contributed by atoms with van der Waals surface area (Å²) < 4.78 is 4.39. The fraction of sp³-hybridized carbons (Fsp3) is 0.769. The average molecular weight is 430 g/mol. The van der Waals surface area contributed by atoms with Crippen molar-refractivity contribution >= 4 is 0 Å². The fourth-order valence-electron chi connectivity index (χ4n) is 3.61. The zero-order valence-electron chi connectivity index (χ0n) is 22.3. The summed E-state index contributed by atoms with van der Waals surface area (Å²) in [6.07, 6.45) is 0. The second-order valence-electron chi connectivity index (χ2n) is 13.0. The molecule has 0 atom stereocenters. The Balaban J connectivity index is 2.04. The van der Waals surface area contributed by atoms with Crippen molar-refractivity contribution in [3.05, 3.63) is 34.9 Å². The maximum atomic E-state index is 4.94. The van der Waals surface area contributed by atoms with E-state index < -0.39 is 0 Å². The van der Waals surface area contributed by atoms with E-state index in [0.29, 0.717) is 0 Å². The van der Waals surface area contributed by atoms with Crippen molar-refractivity contribution in [3.63, 3.8) is 0 Å². The molecular weight excluding hydrogens is 382 g/mol. The van der Waals surface area contributed by atoms with Crippen LogP contribution >= 0.6 is 0 Å². The lowest BCUT2D eigenvalue weighted by Crippen LogP contribution is -2.29. The number of hydrogen-bond donors (Lipinski definition) is 1. The van der Waals surface area contributed by atoms with Crippen molar-refractivity contribution in [2.45, 2.75) is 118 Å². The summed E-state index contributed by atoms with van der Waals surface area (Å²) in [5, 5.41) is 13.5. The van der Waals surface area contributed by atoms with E-state index in [0.717, 1.165) is 26.2 Å². The molecule has 0 aliphatic rings. The third kappa shape index (κ3) is 6.68. The Hall–Kier alpha value is -1.62. The van der Waals surface area contributed by atoms with Gasteiger partial charge in [-0.15, -0.1) is 0 Å². The van der Waals surface area contributed by atoms with Crippen LogP contribution in [0.2, 0.25) is 0 Å². The van der Waals surface area contributed by atoms with Crippen molar-refractivity contribution in [1.82, 2.24) is 24.9 Å². The summed E-state index contributed by atoms with van der Waals surface area (Å²) in [6, 6.07) is 4.57. The first-order chi connectivity index (χ1) is 13.9. The molecule has 2 aromatic heterocycles. The number of nitrogens with zero attached hydrogens (tertiary/aromatic N) is 4. The van der Waals surface area contributed by atoms with Crippen LogP contribution in [0.25, 0.3) is 0 Å². The molecule has 5 heteroatoms. The molecule has 5 nitrogen and oxygen atoms in total. The number of hydrogen-bond acceptors (Lipinski definition) is 3. The largest absolute Gasteiger partial charge is 0.313 e. The minimum absolute atomic E-state index is 0.0624. The topological polar surface area (TPSA) is 47.7 Å². The molecule has 0 saturated heterocycles. The predicted octanol–water partition coefficient (Wildman–Crippen LogP) is 5.56. The van der Waals surface area contributed by atoms with Gasteiger partial charge in [-0.1, -0.05) is 83.1 Å². The quantitative estimate of drug-likeness (QED) is 0.612. The van der Waals surface area contributed by atoms with E-state index in [1.54, 1.807) is 0 Å². The summed E-state index contributed by atoms with van der Waals surface area (Å²) in [6.45, 7) is 30.5. The van der Waals surface area contributed by atoms with Crippen molar-refractivity contribution in [2.75, 3.05) is 13.1 Å². The van der Waals surface area contributed by atoms with Crippen LogP contribution in [0.1, 0.15) is 106 Å². The maximum Gasteiger partial charge on any atom is 0.0681 e. The van der Waals surface area contributed by atoms with Gasteiger partial charge in [-0.25, -0.2) is 0 Å². The highest BCUT2D eigenvalue weighted by atomic mass is 15.3. The van der Waals surface area contributed by atoms with Crippen LogP contribution in [0.3, 0.4) is 0 Å². The maximum absolute atomic E-state index is 4.94. The van der Waals surface area contributed by atoms with Gasteiger partial charge in [0, 0.05) is 46.1 Å². The first kappa shape index (κ1) is 25.6. The molecule has 2 rings (SSSR count). The van der Waals surface area contributed by atoms with Crippen LogP contribution in [-0.2, 0) is 34.7 Å². The molecule has 0 fully saturated rings. The Morgan fingerprint density at radius 2 is 0.903 bits per heavy atom. The molecule has 0 aliphatic carbocycles. The van der Waals surface area contributed by atoms with Crippen LogP contribution in [0.15, 0.2) is 12.1 Å².